The van der Waals surface area contributed by atoms with E-state index in [1.54, 1.807) is 7.11 Å². The maximum Gasteiger partial charge on any atom is 0.191 e. The topological polar surface area (TPSA) is 71.0 Å². The smallest absolute Gasteiger partial charge is 0.191 e. The number of piperidine rings is 1. The Hall–Kier alpha value is -2.23. The molecule has 1 fully saturated rings. The summed E-state index contributed by atoms with van der Waals surface area (Å²) in [5.74, 6) is 3.47. The monoisotopic (exact) mass is 539 g/mol. The Labute approximate surface area is 202 Å². The zero-order chi connectivity index (χ0) is 21.2. The molecule has 170 valence electrons. The molecule has 2 N–H and O–H groups in total. The molecule has 0 aliphatic carbocycles. The molecule has 1 unspecified atom stereocenters. The normalized spacial score (nSPS) is 15.6. The van der Waals surface area contributed by atoms with E-state index in [0.29, 0.717) is 12.6 Å². The zero-order valence-corrected chi connectivity index (χ0v) is 20.9. The fourth-order valence-corrected chi connectivity index (χ4v) is 3.47. The molecule has 3 rings (SSSR count). The molecule has 0 amide bonds. The number of pyridine rings is 1. The number of ether oxygens (including phenoxy) is 2. The minimum atomic E-state index is -0.0430. The lowest BCUT2D eigenvalue weighted by atomic mass is 10.1. The van der Waals surface area contributed by atoms with E-state index in [4.69, 9.17) is 14.5 Å². The van der Waals surface area contributed by atoms with E-state index in [0.717, 1.165) is 55.8 Å². The SMILES string of the molecule is CCNC(=NCC(C)Oc1cccc(OC)c1)NC1CCN(c2ccccn2)CC1.I. The van der Waals surface area contributed by atoms with Gasteiger partial charge in [0, 0.05) is 37.9 Å². The third-order valence-electron chi connectivity index (χ3n) is 5.04. The Morgan fingerprint density at radius 3 is 2.65 bits per heavy atom. The third-order valence-corrected chi connectivity index (χ3v) is 5.04. The van der Waals surface area contributed by atoms with Crippen LogP contribution in [-0.4, -0.2) is 56.4 Å². The molecular formula is C23H34IN5O2. The van der Waals surface area contributed by atoms with Crippen LogP contribution in [0.3, 0.4) is 0 Å². The van der Waals surface area contributed by atoms with Crippen molar-refractivity contribution in [2.45, 2.75) is 38.8 Å². The number of aromatic nitrogens is 1. The number of hydrogen-bond donors (Lipinski definition) is 2. The summed E-state index contributed by atoms with van der Waals surface area (Å²) < 4.78 is 11.2. The second kappa shape index (κ2) is 13.2. The van der Waals surface area contributed by atoms with Crippen molar-refractivity contribution in [2.75, 3.05) is 38.2 Å². The number of aliphatic imine (C=N–C) groups is 1. The van der Waals surface area contributed by atoms with Crippen LogP contribution in [0, 0.1) is 0 Å². The molecule has 1 aliphatic heterocycles. The molecule has 1 aromatic carbocycles. The summed E-state index contributed by atoms with van der Waals surface area (Å²) in [5.41, 5.74) is 0. The first-order valence-corrected chi connectivity index (χ1v) is 10.7. The number of hydrogen-bond acceptors (Lipinski definition) is 5. The molecule has 1 atom stereocenters. The molecule has 0 saturated carbocycles. The van der Waals surface area contributed by atoms with Crippen LogP contribution in [0.4, 0.5) is 5.82 Å². The summed E-state index contributed by atoms with van der Waals surface area (Å²) in [6.45, 7) is 7.48. The van der Waals surface area contributed by atoms with E-state index in [2.05, 4.69) is 33.5 Å². The highest BCUT2D eigenvalue weighted by atomic mass is 127. The van der Waals surface area contributed by atoms with Gasteiger partial charge in [-0.3, -0.25) is 0 Å². The summed E-state index contributed by atoms with van der Waals surface area (Å²) in [4.78, 5) is 11.5. The van der Waals surface area contributed by atoms with Gasteiger partial charge in [-0.05, 0) is 51.0 Å². The highest BCUT2D eigenvalue weighted by Crippen LogP contribution is 2.20. The largest absolute Gasteiger partial charge is 0.497 e. The fraction of sp³-hybridized carbons (Fsp3) is 0.478. The van der Waals surface area contributed by atoms with E-state index in [9.17, 15) is 0 Å². The first kappa shape index (κ1) is 25.0. The molecule has 0 bridgehead atoms. The molecule has 0 radical (unpaired) electrons. The predicted octanol–water partition coefficient (Wildman–Crippen LogP) is 3.70. The third kappa shape index (κ3) is 8.08. The zero-order valence-electron chi connectivity index (χ0n) is 18.6. The van der Waals surface area contributed by atoms with Crippen LogP contribution in [0.2, 0.25) is 0 Å². The molecule has 7 nitrogen and oxygen atoms in total. The van der Waals surface area contributed by atoms with Crippen molar-refractivity contribution in [3.63, 3.8) is 0 Å². The van der Waals surface area contributed by atoms with Crippen molar-refractivity contribution in [3.8, 4) is 11.5 Å². The van der Waals surface area contributed by atoms with E-state index in [-0.39, 0.29) is 30.1 Å². The number of halogens is 1. The molecule has 2 heterocycles. The van der Waals surface area contributed by atoms with E-state index >= 15 is 0 Å². The van der Waals surface area contributed by atoms with Gasteiger partial charge >= 0.3 is 0 Å². The van der Waals surface area contributed by atoms with Crippen LogP contribution in [-0.2, 0) is 0 Å². The molecule has 31 heavy (non-hydrogen) atoms. The van der Waals surface area contributed by atoms with Crippen LogP contribution in [0.5, 0.6) is 11.5 Å². The van der Waals surface area contributed by atoms with Gasteiger partial charge in [0.25, 0.3) is 0 Å². The lowest BCUT2D eigenvalue weighted by molar-refractivity contribution is 0.229. The molecule has 1 aliphatic rings. The van der Waals surface area contributed by atoms with E-state index in [1.165, 1.54) is 0 Å². The van der Waals surface area contributed by atoms with Crippen molar-refractivity contribution < 1.29 is 9.47 Å². The number of nitrogens with zero attached hydrogens (tertiary/aromatic N) is 3. The van der Waals surface area contributed by atoms with Crippen molar-refractivity contribution in [2.24, 2.45) is 4.99 Å². The maximum absolute atomic E-state index is 5.98. The van der Waals surface area contributed by atoms with Gasteiger partial charge in [0.2, 0.25) is 0 Å². The second-order valence-corrected chi connectivity index (χ2v) is 7.42. The van der Waals surface area contributed by atoms with Gasteiger partial charge < -0.3 is 25.0 Å². The first-order valence-electron chi connectivity index (χ1n) is 10.7. The number of anilines is 1. The Bertz CT molecular complexity index is 798. The predicted molar refractivity (Wildman–Crippen MR) is 137 cm³/mol. The lowest BCUT2D eigenvalue weighted by Crippen LogP contribution is -2.49. The minimum Gasteiger partial charge on any atom is -0.497 e. The maximum atomic E-state index is 5.98. The molecule has 0 spiro atoms. The van der Waals surface area contributed by atoms with Crippen molar-refractivity contribution in [3.05, 3.63) is 48.7 Å². The number of guanidine groups is 1. The van der Waals surface area contributed by atoms with Gasteiger partial charge in [-0.1, -0.05) is 12.1 Å². The number of benzene rings is 1. The standard InChI is InChI=1S/C23H33N5O2.HI/c1-4-24-23(26-17-18(2)30-21-9-7-8-20(16-21)29-3)27-19-11-14-28(15-12-19)22-10-5-6-13-25-22;/h5-10,13,16,18-19H,4,11-12,14-15,17H2,1-3H3,(H2,24,26,27);1H. The highest BCUT2D eigenvalue weighted by molar-refractivity contribution is 14.0. The Morgan fingerprint density at radius 1 is 1.19 bits per heavy atom. The number of methoxy groups -OCH3 is 1. The molecule has 2 aromatic rings. The fourth-order valence-electron chi connectivity index (χ4n) is 3.47. The molecular weight excluding hydrogens is 505 g/mol. The summed E-state index contributed by atoms with van der Waals surface area (Å²) in [7, 11) is 1.65. The summed E-state index contributed by atoms with van der Waals surface area (Å²) in [5, 5.41) is 6.93. The lowest BCUT2D eigenvalue weighted by Gasteiger charge is -2.33. The van der Waals surface area contributed by atoms with Crippen molar-refractivity contribution in [1.29, 1.82) is 0 Å². The van der Waals surface area contributed by atoms with Gasteiger partial charge in [-0.15, -0.1) is 24.0 Å². The summed E-state index contributed by atoms with van der Waals surface area (Å²) in [6.07, 6.45) is 3.91. The van der Waals surface area contributed by atoms with Gasteiger partial charge in [0.1, 0.15) is 23.4 Å². The van der Waals surface area contributed by atoms with Crippen LogP contribution in [0.15, 0.2) is 53.7 Å². The summed E-state index contributed by atoms with van der Waals surface area (Å²) in [6, 6.07) is 14.1. The number of rotatable bonds is 8. The van der Waals surface area contributed by atoms with Gasteiger partial charge in [-0.25, -0.2) is 9.98 Å². The van der Waals surface area contributed by atoms with Gasteiger partial charge in [0.15, 0.2) is 5.96 Å². The van der Waals surface area contributed by atoms with Gasteiger partial charge in [0.05, 0.1) is 13.7 Å². The van der Waals surface area contributed by atoms with Crippen LogP contribution >= 0.6 is 24.0 Å². The molecule has 8 heteroatoms. The van der Waals surface area contributed by atoms with Crippen LogP contribution < -0.4 is 25.0 Å². The van der Waals surface area contributed by atoms with Crippen molar-refractivity contribution >= 4 is 35.8 Å². The molecule has 1 saturated heterocycles. The second-order valence-electron chi connectivity index (χ2n) is 7.42. The highest BCUT2D eigenvalue weighted by Gasteiger charge is 2.20. The Morgan fingerprint density at radius 2 is 1.97 bits per heavy atom. The Balaban J connectivity index is 0.00000341. The Kier molecular flexibility index (Phi) is 10.7. The quantitative estimate of drug-likeness (QED) is 0.303. The van der Waals surface area contributed by atoms with Crippen LogP contribution in [0.1, 0.15) is 26.7 Å². The summed E-state index contributed by atoms with van der Waals surface area (Å²) >= 11 is 0. The van der Waals surface area contributed by atoms with Crippen LogP contribution in [0.25, 0.3) is 0 Å². The minimum absolute atomic E-state index is 0. The number of nitrogens with one attached hydrogen (secondary N) is 2. The average Bonchev–Trinajstić information content (AvgIpc) is 2.79. The van der Waals surface area contributed by atoms with Gasteiger partial charge in [-0.2, -0.15) is 0 Å². The van der Waals surface area contributed by atoms with Crippen molar-refractivity contribution in [1.82, 2.24) is 15.6 Å². The van der Waals surface area contributed by atoms with E-state index < -0.39 is 0 Å². The van der Waals surface area contributed by atoms with E-state index in [1.807, 2.05) is 49.5 Å². The average molecular weight is 539 g/mol. The first-order chi connectivity index (χ1) is 14.7. The molecule has 1 aromatic heterocycles.